The predicted octanol–water partition coefficient (Wildman–Crippen LogP) is -1.55. The third-order valence-electron chi connectivity index (χ3n) is 1.31. The highest BCUT2D eigenvalue weighted by Crippen LogP contribution is 2.39. The lowest BCUT2D eigenvalue weighted by Gasteiger charge is -2.21. The third kappa shape index (κ3) is 4.33. The van der Waals surface area contributed by atoms with E-state index in [1.807, 2.05) is 0 Å². The third-order valence-corrected chi connectivity index (χ3v) is 2.24. The summed E-state index contributed by atoms with van der Waals surface area (Å²) in [5.41, 5.74) is -2.94. The molecule has 0 fully saturated rings. The number of carboxylic acids is 2. The van der Waals surface area contributed by atoms with E-state index in [4.69, 9.17) is 25.1 Å². The highest BCUT2D eigenvalue weighted by atomic mass is 31.2. The standard InChI is InChI=1S/C5H9O8P/c6-3(7)1-5(10,4(8)9)2-14(11,12)13/h10H,1-2H2,(H,6,7)(H,8,9)(H2,11,12,13). The lowest BCUT2D eigenvalue weighted by Crippen LogP contribution is -2.44. The fraction of sp³-hybridized carbons (Fsp3) is 0.600. The second kappa shape index (κ2) is 4.05. The Hall–Kier alpha value is -0.950. The molecule has 0 heterocycles. The molecule has 0 aliphatic rings. The van der Waals surface area contributed by atoms with Crippen LogP contribution in [0.4, 0.5) is 0 Å². The van der Waals surface area contributed by atoms with E-state index in [1.165, 1.54) is 0 Å². The number of aliphatic hydroxyl groups is 1. The highest BCUT2D eigenvalue weighted by molar-refractivity contribution is 7.51. The van der Waals surface area contributed by atoms with E-state index < -0.39 is 37.7 Å². The number of hydrogen-bond acceptors (Lipinski definition) is 4. The Kier molecular flexibility index (Phi) is 3.78. The van der Waals surface area contributed by atoms with Gasteiger partial charge in [-0.2, -0.15) is 0 Å². The highest BCUT2D eigenvalue weighted by Gasteiger charge is 2.44. The van der Waals surface area contributed by atoms with Crippen molar-refractivity contribution in [2.45, 2.75) is 12.0 Å². The van der Waals surface area contributed by atoms with Crippen LogP contribution in [-0.4, -0.2) is 48.8 Å². The van der Waals surface area contributed by atoms with Gasteiger partial charge in [-0.15, -0.1) is 0 Å². The molecule has 0 saturated heterocycles. The normalized spacial score (nSPS) is 15.9. The van der Waals surface area contributed by atoms with Gasteiger partial charge in [0.05, 0.1) is 12.6 Å². The zero-order valence-corrected chi connectivity index (χ0v) is 7.72. The van der Waals surface area contributed by atoms with Gasteiger partial charge in [0.15, 0.2) is 5.60 Å². The second-order valence-electron chi connectivity index (χ2n) is 2.73. The molecule has 9 heteroatoms. The van der Waals surface area contributed by atoms with Crippen LogP contribution in [0.25, 0.3) is 0 Å². The van der Waals surface area contributed by atoms with Gasteiger partial charge in [0.2, 0.25) is 0 Å². The van der Waals surface area contributed by atoms with Crippen LogP contribution in [0.2, 0.25) is 0 Å². The molecule has 0 aromatic carbocycles. The van der Waals surface area contributed by atoms with E-state index in [1.54, 1.807) is 0 Å². The van der Waals surface area contributed by atoms with Gasteiger partial charge in [-0.25, -0.2) is 4.79 Å². The smallest absolute Gasteiger partial charge is 0.336 e. The number of rotatable bonds is 5. The SMILES string of the molecule is O=C(O)CC(O)(CP(=O)(O)O)C(=O)O. The van der Waals surface area contributed by atoms with Crippen LogP contribution < -0.4 is 0 Å². The quantitative estimate of drug-likeness (QED) is 0.354. The van der Waals surface area contributed by atoms with Crippen LogP contribution >= 0.6 is 7.60 Å². The fourth-order valence-electron chi connectivity index (χ4n) is 0.790. The molecule has 82 valence electrons. The summed E-state index contributed by atoms with van der Waals surface area (Å²) < 4.78 is 10.4. The molecule has 0 aliphatic heterocycles. The minimum absolute atomic E-state index is 1.27. The average molecular weight is 228 g/mol. The van der Waals surface area contributed by atoms with Crippen LogP contribution in [0.1, 0.15) is 6.42 Å². The monoisotopic (exact) mass is 228 g/mol. The molecule has 1 unspecified atom stereocenters. The summed E-state index contributed by atoms with van der Waals surface area (Å²) in [7, 11) is -4.79. The van der Waals surface area contributed by atoms with Crippen molar-refractivity contribution in [3.63, 3.8) is 0 Å². The first-order valence-electron chi connectivity index (χ1n) is 3.29. The fourth-order valence-corrected chi connectivity index (χ4v) is 1.72. The summed E-state index contributed by atoms with van der Waals surface area (Å²) >= 11 is 0. The molecule has 0 aromatic heterocycles. The van der Waals surface area contributed by atoms with Crippen LogP contribution in [0.3, 0.4) is 0 Å². The molecule has 0 amide bonds. The summed E-state index contributed by atoms with van der Waals surface area (Å²) in [5, 5.41) is 25.7. The summed E-state index contributed by atoms with van der Waals surface area (Å²) in [6.07, 6.45) is -2.70. The summed E-state index contributed by atoms with van der Waals surface area (Å²) in [6, 6.07) is 0. The number of hydrogen-bond donors (Lipinski definition) is 5. The lowest BCUT2D eigenvalue weighted by molar-refractivity contribution is -0.163. The second-order valence-corrected chi connectivity index (χ2v) is 4.38. The average Bonchev–Trinajstić information content (AvgIpc) is 1.79. The Morgan fingerprint density at radius 1 is 1.21 bits per heavy atom. The minimum atomic E-state index is -4.79. The Morgan fingerprint density at radius 3 is 1.86 bits per heavy atom. The van der Waals surface area contributed by atoms with E-state index in [9.17, 15) is 14.2 Å². The minimum Gasteiger partial charge on any atom is -0.481 e. The number of carboxylic acid groups (broad SMARTS) is 2. The first-order chi connectivity index (χ1) is 6.07. The van der Waals surface area contributed by atoms with E-state index in [0.29, 0.717) is 0 Å². The van der Waals surface area contributed by atoms with Crippen molar-refractivity contribution in [2.75, 3.05) is 6.16 Å². The van der Waals surface area contributed by atoms with Crippen molar-refractivity contribution in [2.24, 2.45) is 0 Å². The van der Waals surface area contributed by atoms with Crippen LogP contribution in [0.5, 0.6) is 0 Å². The zero-order chi connectivity index (χ0) is 11.6. The van der Waals surface area contributed by atoms with Gasteiger partial charge in [-0.3, -0.25) is 9.36 Å². The lowest BCUT2D eigenvalue weighted by atomic mass is 10.0. The first kappa shape index (κ1) is 13.1. The van der Waals surface area contributed by atoms with Crippen molar-refractivity contribution in [1.29, 1.82) is 0 Å². The Balaban J connectivity index is 4.83. The molecule has 14 heavy (non-hydrogen) atoms. The Labute approximate surface area is 78.0 Å². The Bertz CT molecular complexity index is 292. The summed E-state index contributed by atoms with van der Waals surface area (Å²) in [5.74, 6) is -3.65. The van der Waals surface area contributed by atoms with E-state index in [-0.39, 0.29) is 0 Å². The van der Waals surface area contributed by atoms with Crippen molar-refractivity contribution >= 4 is 19.5 Å². The molecule has 1 atom stereocenters. The van der Waals surface area contributed by atoms with Gasteiger partial charge in [0.25, 0.3) is 0 Å². The molecule has 0 spiro atoms. The largest absolute Gasteiger partial charge is 0.481 e. The molecule has 0 rings (SSSR count). The Morgan fingerprint density at radius 2 is 1.64 bits per heavy atom. The molecule has 0 aromatic rings. The summed E-state index contributed by atoms with van der Waals surface area (Å²) in [4.78, 5) is 37.3. The van der Waals surface area contributed by atoms with Gasteiger partial charge < -0.3 is 25.1 Å². The van der Waals surface area contributed by atoms with Crippen LogP contribution in [0, 0.1) is 0 Å². The van der Waals surface area contributed by atoms with Gasteiger partial charge in [-0.1, -0.05) is 0 Å². The molecular formula is C5H9O8P. The number of aliphatic carboxylic acids is 2. The molecule has 0 aliphatic carbocycles. The van der Waals surface area contributed by atoms with E-state index >= 15 is 0 Å². The predicted molar refractivity (Wildman–Crippen MR) is 41.7 cm³/mol. The van der Waals surface area contributed by atoms with Gasteiger partial charge in [0, 0.05) is 0 Å². The zero-order valence-electron chi connectivity index (χ0n) is 6.82. The van der Waals surface area contributed by atoms with Crippen molar-refractivity contribution in [3.8, 4) is 0 Å². The molecule has 0 saturated carbocycles. The van der Waals surface area contributed by atoms with Crippen molar-refractivity contribution in [1.82, 2.24) is 0 Å². The molecule has 0 bridgehead atoms. The molecule has 0 radical (unpaired) electrons. The van der Waals surface area contributed by atoms with Gasteiger partial charge >= 0.3 is 19.5 Å². The maximum Gasteiger partial charge on any atom is 0.336 e. The summed E-state index contributed by atoms with van der Waals surface area (Å²) in [6.45, 7) is 0. The van der Waals surface area contributed by atoms with Crippen molar-refractivity contribution < 1.29 is 39.3 Å². The first-order valence-corrected chi connectivity index (χ1v) is 5.09. The number of carbonyl (C=O) groups is 2. The van der Waals surface area contributed by atoms with Gasteiger partial charge in [0.1, 0.15) is 0 Å². The molecular weight excluding hydrogens is 219 g/mol. The van der Waals surface area contributed by atoms with E-state index in [0.717, 1.165) is 0 Å². The van der Waals surface area contributed by atoms with Crippen LogP contribution in [0.15, 0.2) is 0 Å². The van der Waals surface area contributed by atoms with Crippen molar-refractivity contribution in [3.05, 3.63) is 0 Å². The van der Waals surface area contributed by atoms with Gasteiger partial charge in [-0.05, 0) is 0 Å². The maximum absolute atomic E-state index is 10.4. The molecule has 5 N–H and O–H groups in total. The van der Waals surface area contributed by atoms with Crippen LogP contribution in [-0.2, 0) is 14.2 Å². The maximum atomic E-state index is 10.4. The van der Waals surface area contributed by atoms with E-state index in [2.05, 4.69) is 0 Å². The topological polar surface area (TPSA) is 152 Å². The molecule has 8 nitrogen and oxygen atoms in total.